The van der Waals surface area contributed by atoms with Crippen molar-refractivity contribution in [2.24, 2.45) is 5.73 Å². The number of hydrogen-bond donors (Lipinski definition) is 2. The molecule has 98 valence electrons. The molecule has 1 aromatic rings. The van der Waals surface area contributed by atoms with E-state index < -0.39 is 16.4 Å². The number of nitrogens with one attached hydrogen (secondary N) is 1. The van der Waals surface area contributed by atoms with Crippen LogP contribution >= 0.6 is 11.6 Å². The largest absolute Gasteiger partial charge is 0.346 e. The van der Waals surface area contributed by atoms with Crippen LogP contribution in [-0.2, 0) is 0 Å². The summed E-state index contributed by atoms with van der Waals surface area (Å²) < 4.78 is 0. The fourth-order valence-electron chi connectivity index (χ4n) is 1.12. The van der Waals surface area contributed by atoms with E-state index in [1.165, 1.54) is 0 Å². The smallest absolute Gasteiger partial charge is 0.288 e. The van der Waals surface area contributed by atoms with Gasteiger partial charge in [-0.05, 0) is 13.8 Å². The maximum atomic E-state index is 11.9. The Bertz CT molecular complexity index is 490. The van der Waals surface area contributed by atoms with E-state index in [0.717, 1.165) is 12.3 Å². The highest BCUT2D eigenvalue weighted by Crippen LogP contribution is 2.19. The molecule has 7 nitrogen and oxygen atoms in total. The predicted octanol–water partition coefficient (Wildman–Crippen LogP) is 1.11. The monoisotopic (exact) mass is 272 g/mol. The summed E-state index contributed by atoms with van der Waals surface area (Å²) in [6.07, 6.45) is 0.993. The molecule has 0 spiro atoms. The van der Waals surface area contributed by atoms with Crippen LogP contribution in [0.4, 0.5) is 5.69 Å². The molecule has 1 heterocycles. The van der Waals surface area contributed by atoms with Crippen molar-refractivity contribution in [2.75, 3.05) is 6.54 Å². The number of pyridine rings is 1. The van der Waals surface area contributed by atoms with Gasteiger partial charge in [-0.15, -0.1) is 0 Å². The Kier molecular flexibility index (Phi) is 4.20. The van der Waals surface area contributed by atoms with Crippen molar-refractivity contribution < 1.29 is 9.72 Å². The van der Waals surface area contributed by atoms with E-state index in [1.807, 2.05) is 0 Å². The van der Waals surface area contributed by atoms with Gasteiger partial charge < -0.3 is 11.1 Å². The van der Waals surface area contributed by atoms with Gasteiger partial charge in [0.2, 0.25) is 0 Å². The van der Waals surface area contributed by atoms with E-state index in [0.29, 0.717) is 0 Å². The first-order valence-corrected chi connectivity index (χ1v) is 5.47. The number of carbonyl (C=O) groups is 1. The van der Waals surface area contributed by atoms with Gasteiger partial charge in [0.15, 0.2) is 0 Å². The SMILES string of the molecule is CC(C)(CN)NC(=O)c1cc([N+](=O)[O-])cnc1Cl. The number of nitrogens with two attached hydrogens (primary N) is 1. The number of nitro groups is 1. The maximum Gasteiger partial charge on any atom is 0.288 e. The summed E-state index contributed by atoms with van der Waals surface area (Å²) >= 11 is 5.74. The summed E-state index contributed by atoms with van der Waals surface area (Å²) in [5.74, 6) is -0.549. The molecule has 0 unspecified atom stereocenters. The Morgan fingerprint density at radius 3 is 2.78 bits per heavy atom. The first-order chi connectivity index (χ1) is 8.26. The highest BCUT2D eigenvalue weighted by molar-refractivity contribution is 6.32. The molecule has 0 aliphatic rings. The second kappa shape index (κ2) is 5.28. The number of rotatable bonds is 4. The lowest BCUT2D eigenvalue weighted by molar-refractivity contribution is -0.385. The summed E-state index contributed by atoms with van der Waals surface area (Å²) in [7, 11) is 0. The third-order valence-electron chi connectivity index (χ3n) is 2.24. The van der Waals surface area contributed by atoms with Gasteiger partial charge in [0.05, 0.1) is 10.5 Å². The van der Waals surface area contributed by atoms with Gasteiger partial charge in [-0.25, -0.2) is 4.98 Å². The standard InChI is InChI=1S/C10H13ClN4O3/c1-10(2,5-12)14-9(16)7-3-6(15(17)18)4-13-8(7)11/h3-4H,5,12H2,1-2H3,(H,14,16). The van der Waals surface area contributed by atoms with Crippen molar-refractivity contribution in [1.82, 2.24) is 10.3 Å². The van der Waals surface area contributed by atoms with Gasteiger partial charge >= 0.3 is 0 Å². The van der Waals surface area contributed by atoms with Crippen molar-refractivity contribution in [3.05, 3.63) is 33.1 Å². The number of hydrogen-bond acceptors (Lipinski definition) is 5. The molecule has 0 atom stereocenters. The molecule has 1 amide bonds. The van der Waals surface area contributed by atoms with Crippen LogP contribution in [0.1, 0.15) is 24.2 Å². The van der Waals surface area contributed by atoms with E-state index in [1.54, 1.807) is 13.8 Å². The van der Waals surface area contributed by atoms with Crippen LogP contribution in [-0.4, -0.2) is 27.9 Å². The van der Waals surface area contributed by atoms with Crippen LogP contribution in [0, 0.1) is 10.1 Å². The lowest BCUT2D eigenvalue weighted by Crippen LogP contribution is -2.48. The van der Waals surface area contributed by atoms with Gasteiger partial charge in [-0.2, -0.15) is 0 Å². The summed E-state index contributed by atoms with van der Waals surface area (Å²) in [6, 6.07) is 1.08. The van der Waals surface area contributed by atoms with Gasteiger partial charge in [0, 0.05) is 18.2 Å². The van der Waals surface area contributed by atoms with Crippen molar-refractivity contribution in [3.63, 3.8) is 0 Å². The first-order valence-electron chi connectivity index (χ1n) is 5.09. The number of halogens is 1. The molecular weight excluding hydrogens is 260 g/mol. The molecule has 0 bridgehead atoms. The van der Waals surface area contributed by atoms with Gasteiger partial charge in [-0.3, -0.25) is 14.9 Å². The molecular formula is C10H13ClN4O3. The Hall–Kier alpha value is -1.73. The molecule has 0 aliphatic heterocycles. The number of nitrogens with zero attached hydrogens (tertiary/aromatic N) is 2. The van der Waals surface area contributed by atoms with E-state index in [9.17, 15) is 14.9 Å². The molecule has 0 aromatic carbocycles. The molecule has 0 saturated heterocycles. The van der Waals surface area contributed by atoms with Crippen LogP contribution in [0.5, 0.6) is 0 Å². The molecule has 1 aromatic heterocycles. The minimum atomic E-state index is -0.645. The van der Waals surface area contributed by atoms with Crippen LogP contribution in [0.15, 0.2) is 12.3 Å². The molecule has 0 aliphatic carbocycles. The molecule has 0 saturated carbocycles. The zero-order valence-corrected chi connectivity index (χ0v) is 10.7. The Labute approximate surface area is 108 Å². The first kappa shape index (κ1) is 14.3. The molecule has 8 heteroatoms. The normalized spacial score (nSPS) is 11.1. The van der Waals surface area contributed by atoms with E-state index in [2.05, 4.69) is 10.3 Å². The summed E-state index contributed by atoms with van der Waals surface area (Å²) in [5.41, 5.74) is 4.50. The maximum absolute atomic E-state index is 11.9. The topological polar surface area (TPSA) is 111 Å². The predicted molar refractivity (Wildman–Crippen MR) is 66.5 cm³/mol. The zero-order chi connectivity index (χ0) is 13.9. The molecule has 3 N–H and O–H groups in total. The average Bonchev–Trinajstić information content (AvgIpc) is 2.28. The quantitative estimate of drug-likeness (QED) is 0.484. The van der Waals surface area contributed by atoms with Crippen LogP contribution in [0.2, 0.25) is 5.15 Å². The lowest BCUT2D eigenvalue weighted by Gasteiger charge is -2.24. The van der Waals surface area contributed by atoms with E-state index in [-0.39, 0.29) is 22.9 Å². The minimum absolute atomic E-state index is 0.0487. The summed E-state index contributed by atoms with van der Waals surface area (Å²) in [4.78, 5) is 25.5. The van der Waals surface area contributed by atoms with Crippen molar-refractivity contribution >= 4 is 23.2 Å². The second-order valence-corrected chi connectivity index (χ2v) is 4.69. The number of aromatic nitrogens is 1. The Balaban J connectivity index is 3.05. The van der Waals surface area contributed by atoms with Crippen molar-refractivity contribution in [3.8, 4) is 0 Å². The van der Waals surface area contributed by atoms with Gasteiger partial charge in [-0.1, -0.05) is 11.6 Å². The average molecular weight is 273 g/mol. The molecule has 0 fully saturated rings. The van der Waals surface area contributed by atoms with E-state index >= 15 is 0 Å². The number of carbonyl (C=O) groups excluding carboxylic acids is 1. The van der Waals surface area contributed by atoms with Gasteiger partial charge in [0.25, 0.3) is 11.6 Å². The lowest BCUT2D eigenvalue weighted by atomic mass is 10.1. The second-order valence-electron chi connectivity index (χ2n) is 4.33. The van der Waals surface area contributed by atoms with Crippen molar-refractivity contribution in [1.29, 1.82) is 0 Å². The third-order valence-corrected chi connectivity index (χ3v) is 2.54. The third kappa shape index (κ3) is 3.38. The van der Waals surface area contributed by atoms with Crippen LogP contribution < -0.4 is 11.1 Å². The highest BCUT2D eigenvalue weighted by atomic mass is 35.5. The molecule has 1 rings (SSSR count). The minimum Gasteiger partial charge on any atom is -0.346 e. The Morgan fingerprint density at radius 1 is 1.67 bits per heavy atom. The zero-order valence-electron chi connectivity index (χ0n) is 9.94. The summed E-state index contributed by atoms with van der Waals surface area (Å²) in [5, 5.41) is 13.1. The van der Waals surface area contributed by atoms with Crippen LogP contribution in [0.3, 0.4) is 0 Å². The molecule has 0 radical (unpaired) electrons. The Morgan fingerprint density at radius 2 is 2.28 bits per heavy atom. The van der Waals surface area contributed by atoms with Crippen molar-refractivity contribution in [2.45, 2.75) is 19.4 Å². The number of amides is 1. The van der Waals surface area contributed by atoms with Crippen LogP contribution in [0.25, 0.3) is 0 Å². The highest BCUT2D eigenvalue weighted by Gasteiger charge is 2.23. The molecule has 18 heavy (non-hydrogen) atoms. The summed E-state index contributed by atoms with van der Waals surface area (Å²) in [6.45, 7) is 3.67. The fraction of sp³-hybridized carbons (Fsp3) is 0.400. The van der Waals surface area contributed by atoms with Gasteiger partial charge in [0.1, 0.15) is 11.3 Å². The van der Waals surface area contributed by atoms with E-state index in [4.69, 9.17) is 17.3 Å². The fourth-order valence-corrected chi connectivity index (χ4v) is 1.31.